The maximum Gasteiger partial charge on any atom is 0.123 e. The van der Waals surface area contributed by atoms with Gasteiger partial charge in [-0.2, -0.15) is 5.26 Å². The summed E-state index contributed by atoms with van der Waals surface area (Å²) in [4.78, 5) is 0. The van der Waals surface area contributed by atoms with Crippen molar-refractivity contribution in [2.45, 2.75) is 39.5 Å². The minimum absolute atomic E-state index is 0.173. The fourth-order valence-corrected chi connectivity index (χ4v) is 2.64. The number of allylic oxidation sites excluding steroid dienone is 1. The standard InChI is InChI=1S/C21H22FNO/c1-13(2)19-10-15(11-20(14(3)4)21(19)24)9-17(12-23)16-5-7-18(22)8-6-16/h5-11,13-14,24H,1-4H3/b17-9+. The summed E-state index contributed by atoms with van der Waals surface area (Å²) in [5.74, 6) is 0.349. The van der Waals surface area contributed by atoms with Gasteiger partial charge in [0.1, 0.15) is 11.6 Å². The molecule has 0 saturated carbocycles. The van der Waals surface area contributed by atoms with Crippen molar-refractivity contribution in [3.05, 3.63) is 64.5 Å². The number of rotatable bonds is 4. The molecule has 0 aromatic heterocycles. The molecule has 0 saturated heterocycles. The molecule has 1 N–H and O–H groups in total. The summed E-state index contributed by atoms with van der Waals surface area (Å²) < 4.78 is 13.1. The molecule has 24 heavy (non-hydrogen) atoms. The van der Waals surface area contributed by atoms with Crippen molar-refractivity contribution in [1.82, 2.24) is 0 Å². The first-order chi connectivity index (χ1) is 11.3. The topological polar surface area (TPSA) is 44.0 Å². The van der Waals surface area contributed by atoms with Gasteiger partial charge in [0, 0.05) is 0 Å². The van der Waals surface area contributed by atoms with Crippen LogP contribution in [0.3, 0.4) is 0 Å². The summed E-state index contributed by atoms with van der Waals surface area (Å²) in [6.07, 6.45) is 1.78. The third-order valence-corrected chi connectivity index (χ3v) is 4.02. The zero-order valence-electron chi connectivity index (χ0n) is 14.5. The van der Waals surface area contributed by atoms with E-state index in [1.165, 1.54) is 12.1 Å². The van der Waals surface area contributed by atoms with E-state index in [4.69, 9.17) is 0 Å². The Morgan fingerprint density at radius 1 is 1.04 bits per heavy atom. The SMILES string of the molecule is CC(C)c1cc(/C=C(\C#N)c2ccc(F)cc2)cc(C(C)C)c1O. The number of hydrogen-bond donors (Lipinski definition) is 1. The molecule has 2 aromatic rings. The molecule has 0 heterocycles. The molecule has 0 aliphatic rings. The molecular formula is C21H22FNO. The highest BCUT2D eigenvalue weighted by atomic mass is 19.1. The Morgan fingerprint density at radius 3 is 1.96 bits per heavy atom. The molecule has 0 aliphatic carbocycles. The van der Waals surface area contributed by atoms with Crippen LogP contribution in [-0.2, 0) is 0 Å². The van der Waals surface area contributed by atoms with Crippen molar-refractivity contribution in [3.63, 3.8) is 0 Å². The normalized spacial score (nSPS) is 11.8. The Kier molecular flexibility index (Phi) is 5.41. The van der Waals surface area contributed by atoms with Crippen LogP contribution < -0.4 is 0 Å². The molecule has 2 aromatic carbocycles. The van der Waals surface area contributed by atoms with Crippen molar-refractivity contribution in [2.24, 2.45) is 0 Å². The lowest BCUT2D eigenvalue weighted by molar-refractivity contribution is 0.454. The van der Waals surface area contributed by atoms with Gasteiger partial charge >= 0.3 is 0 Å². The number of benzene rings is 2. The molecule has 0 amide bonds. The summed E-state index contributed by atoms with van der Waals surface area (Å²) in [6.45, 7) is 8.10. The first-order valence-electron chi connectivity index (χ1n) is 8.08. The smallest absolute Gasteiger partial charge is 0.123 e. The summed E-state index contributed by atoms with van der Waals surface area (Å²) in [5, 5.41) is 19.9. The van der Waals surface area contributed by atoms with Gasteiger partial charge in [-0.3, -0.25) is 0 Å². The molecule has 0 atom stereocenters. The van der Waals surface area contributed by atoms with E-state index in [1.54, 1.807) is 18.2 Å². The lowest BCUT2D eigenvalue weighted by Gasteiger charge is -2.16. The van der Waals surface area contributed by atoms with Crippen molar-refractivity contribution in [2.75, 3.05) is 0 Å². The predicted octanol–water partition coefficient (Wildman–Crippen LogP) is 5.84. The maximum atomic E-state index is 13.1. The van der Waals surface area contributed by atoms with Crippen molar-refractivity contribution < 1.29 is 9.50 Å². The Labute approximate surface area is 142 Å². The highest BCUT2D eigenvalue weighted by molar-refractivity contribution is 5.89. The number of halogens is 1. The van der Waals surface area contributed by atoms with Crippen LogP contribution in [0, 0.1) is 17.1 Å². The summed E-state index contributed by atoms with van der Waals surface area (Å²) in [6, 6.07) is 11.9. The first kappa shape index (κ1) is 17.7. The van der Waals surface area contributed by atoms with Crippen LogP contribution in [0.15, 0.2) is 36.4 Å². The van der Waals surface area contributed by atoms with Crippen LogP contribution in [0.25, 0.3) is 11.6 Å². The summed E-state index contributed by atoms with van der Waals surface area (Å²) in [5.41, 5.74) is 3.73. The molecule has 0 spiro atoms. The van der Waals surface area contributed by atoms with E-state index < -0.39 is 0 Å². The third kappa shape index (κ3) is 3.83. The Morgan fingerprint density at radius 2 is 1.54 bits per heavy atom. The quantitative estimate of drug-likeness (QED) is 0.567. The second-order valence-corrected chi connectivity index (χ2v) is 6.53. The molecule has 3 heteroatoms. The van der Waals surface area contributed by atoms with Gasteiger partial charge in [0.2, 0.25) is 0 Å². The molecule has 0 unspecified atom stereocenters. The van der Waals surface area contributed by atoms with Gasteiger partial charge in [-0.25, -0.2) is 4.39 Å². The van der Waals surface area contributed by atoms with E-state index in [0.29, 0.717) is 16.9 Å². The molecule has 124 valence electrons. The lowest BCUT2D eigenvalue weighted by atomic mass is 9.90. The second-order valence-electron chi connectivity index (χ2n) is 6.53. The zero-order chi connectivity index (χ0) is 17.9. The van der Waals surface area contributed by atoms with Crippen LogP contribution in [0.5, 0.6) is 5.75 Å². The van der Waals surface area contributed by atoms with Gasteiger partial charge in [-0.05, 0) is 64.4 Å². The molecule has 0 radical (unpaired) electrons. The molecule has 0 bridgehead atoms. The van der Waals surface area contributed by atoms with E-state index >= 15 is 0 Å². The summed E-state index contributed by atoms with van der Waals surface area (Å²) in [7, 11) is 0. The van der Waals surface area contributed by atoms with Gasteiger partial charge in [0.05, 0.1) is 11.6 Å². The maximum absolute atomic E-state index is 13.1. The van der Waals surface area contributed by atoms with E-state index in [9.17, 15) is 14.8 Å². The van der Waals surface area contributed by atoms with Gasteiger partial charge < -0.3 is 5.11 Å². The van der Waals surface area contributed by atoms with Crippen LogP contribution in [-0.4, -0.2) is 5.11 Å². The van der Waals surface area contributed by atoms with Gasteiger partial charge in [0.25, 0.3) is 0 Å². The number of aromatic hydroxyl groups is 1. The average molecular weight is 323 g/mol. The van der Waals surface area contributed by atoms with Gasteiger partial charge in [0.15, 0.2) is 0 Å². The fourth-order valence-electron chi connectivity index (χ4n) is 2.64. The number of hydrogen-bond acceptors (Lipinski definition) is 2. The van der Waals surface area contributed by atoms with E-state index in [1.807, 2.05) is 39.8 Å². The number of nitrogens with zero attached hydrogens (tertiary/aromatic N) is 1. The molecule has 0 fully saturated rings. The highest BCUT2D eigenvalue weighted by Gasteiger charge is 2.15. The molecular weight excluding hydrogens is 301 g/mol. The van der Waals surface area contributed by atoms with Crippen LogP contribution >= 0.6 is 0 Å². The lowest BCUT2D eigenvalue weighted by Crippen LogP contribution is -1.97. The van der Waals surface area contributed by atoms with Gasteiger partial charge in [-0.1, -0.05) is 39.8 Å². The van der Waals surface area contributed by atoms with Crippen LogP contribution in [0.4, 0.5) is 4.39 Å². The van der Waals surface area contributed by atoms with Crippen molar-refractivity contribution >= 4 is 11.6 Å². The third-order valence-electron chi connectivity index (χ3n) is 4.02. The highest BCUT2D eigenvalue weighted by Crippen LogP contribution is 2.35. The van der Waals surface area contributed by atoms with Crippen molar-refractivity contribution in [1.29, 1.82) is 5.26 Å². The molecule has 2 rings (SSSR count). The minimum Gasteiger partial charge on any atom is -0.507 e. The average Bonchev–Trinajstić information content (AvgIpc) is 2.54. The molecule has 0 aliphatic heterocycles. The largest absolute Gasteiger partial charge is 0.507 e. The zero-order valence-corrected chi connectivity index (χ0v) is 14.5. The van der Waals surface area contributed by atoms with Crippen LogP contribution in [0.2, 0.25) is 0 Å². The van der Waals surface area contributed by atoms with Gasteiger partial charge in [-0.15, -0.1) is 0 Å². The first-order valence-corrected chi connectivity index (χ1v) is 8.08. The van der Waals surface area contributed by atoms with E-state index in [0.717, 1.165) is 16.7 Å². The van der Waals surface area contributed by atoms with E-state index in [-0.39, 0.29) is 17.7 Å². The van der Waals surface area contributed by atoms with E-state index in [2.05, 4.69) is 6.07 Å². The monoisotopic (exact) mass is 323 g/mol. The Bertz CT molecular complexity index is 767. The Hall–Kier alpha value is -2.60. The second kappa shape index (κ2) is 7.31. The van der Waals surface area contributed by atoms with Crippen LogP contribution in [0.1, 0.15) is 61.8 Å². The minimum atomic E-state index is -0.329. The number of phenols is 1. The number of phenolic OH excluding ortho intramolecular Hbond substituents is 1. The Balaban J connectivity index is 2.58. The number of nitriles is 1. The predicted molar refractivity (Wildman–Crippen MR) is 96.2 cm³/mol. The molecule has 2 nitrogen and oxygen atoms in total. The fraction of sp³-hybridized carbons (Fsp3) is 0.286. The van der Waals surface area contributed by atoms with Crippen molar-refractivity contribution in [3.8, 4) is 11.8 Å². The summed E-state index contributed by atoms with van der Waals surface area (Å²) >= 11 is 0.